The van der Waals surface area contributed by atoms with Crippen molar-refractivity contribution in [2.45, 2.75) is 78.1 Å². The zero-order valence-electron chi connectivity index (χ0n) is 12.2. The van der Waals surface area contributed by atoms with Gasteiger partial charge in [-0.1, -0.05) is 64.5 Å². The van der Waals surface area contributed by atoms with Crippen molar-refractivity contribution in [3.8, 4) is 0 Å². The van der Waals surface area contributed by atoms with Crippen molar-refractivity contribution in [2.75, 3.05) is 0 Å². The first-order valence-corrected chi connectivity index (χ1v) is 7.53. The number of rotatable bonds is 12. The van der Waals surface area contributed by atoms with E-state index in [1.54, 1.807) is 0 Å². The maximum Gasteiger partial charge on any atom is 0.303 e. The molecule has 0 fully saturated rings. The predicted octanol–water partition coefficient (Wildman–Crippen LogP) is 5.18. The van der Waals surface area contributed by atoms with Crippen LogP contribution in [-0.2, 0) is 4.79 Å². The van der Waals surface area contributed by atoms with E-state index in [4.69, 9.17) is 5.11 Å². The molecule has 0 rings (SSSR count). The first-order valence-electron chi connectivity index (χ1n) is 7.53. The second-order valence-electron chi connectivity index (χ2n) is 5.26. The summed E-state index contributed by atoms with van der Waals surface area (Å²) in [5, 5.41) is 8.46. The number of carboxylic acids is 1. The monoisotopic (exact) mass is 254 g/mol. The molecule has 0 saturated heterocycles. The van der Waals surface area contributed by atoms with E-state index in [-0.39, 0.29) is 6.42 Å². The maximum atomic E-state index is 10.3. The molecule has 1 N–H and O–H groups in total. The third kappa shape index (κ3) is 13.3. The molecule has 2 heteroatoms. The van der Waals surface area contributed by atoms with Gasteiger partial charge in [-0.25, -0.2) is 0 Å². The SMILES string of the molecule is CCC(C)CCCCCCC/C=C\CCC(=O)O. The van der Waals surface area contributed by atoms with Gasteiger partial charge in [0.25, 0.3) is 0 Å². The summed E-state index contributed by atoms with van der Waals surface area (Å²) in [4.78, 5) is 10.3. The number of aliphatic carboxylic acids is 1. The van der Waals surface area contributed by atoms with E-state index in [0.717, 1.165) is 12.3 Å². The lowest BCUT2D eigenvalue weighted by atomic mass is 10.00. The zero-order chi connectivity index (χ0) is 13.6. The summed E-state index contributed by atoms with van der Waals surface area (Å²) in [6.07, 6.45) is 15.5. The molecule has 0 radical (unpaired) electrons. The van der Waals surface area contributed by atoms with E-state index in [1.807, 2.05) is 6.08 Å². The van der Waals surface area contributed by atoms with Crippen LogP contribution in [0.15, 0.2) is 12.2 Å². The molecule has 106 valence electrons. The lowest BCUT2D eigenvalue weighted by Crippen LogP contribution is -1.91. The van der Waals surface area contributed by atoms with Crippen LogP contribution in [0.4, 0.5) is 0 Å². The minimum Gasteiger partial charge on any atom is -0.481 e. The summed E-state index contributed by atoms with van der Waals surface area (Å²) in [7, 11) is 0. The summed E-state index contributed by atoms with van der Waals surface area (Å²) in [6.45, 7) is 4.60. The van der Waals surface area contributed by atoms with Crippen LogP contribution in [0.25, 0.3) is 0 Å². The highest BCUT2D eigenvalue weighted by Gasteiger charge is 1.97. The van der Waals surface area contributed by atoms with Crippen LogP contribution in [0.1, 0.15) is 78.1 Å². The lowest BCUT2D eigenvalue weighted by molar-refractivity contribution is -0.136. The molecule has 0 aromatic rings. The maximum absolute atomic E-state index is 10.3. The molecule has 0 spiro atoms. The molecule has 1 atom stereocenters. The van der Waals surface area contributed by atoms with E-state index < -0.39 is 5.97 Å². The van der Waals surface area contributed by atoms with Crippen LogP contribution in [0.2, 0.25) is 0 Å². The smallest absolute Gasteiger partial charge is 0.303 e. The molecule has 0 heterocycles. The molecule has 0 bridgehead atoms. The van der Waals surface area contributed by atoms with Crippen LogP contribution in [-0.4, -0.2) is 11.1 Å². The first kappa shape index (κ1) is 17.2. The highest BCUT2D eigenvalue weighted by atomic mass is 16.4. The van der Waals surface area contributed by atoms with Gasteiger partial charge in [-0.3, -0.25) is 4.79 Å². The van der Waals surface area contributed by atoms with Crippen LogP contribution in [0.5, 0.6) is 0 Å². The van der Waals surface area contributed by atoms with Gasteiger partial charge in [0, 0.05) is 6.42 Å². The Labute approximate surface area is 112 Å². The van der Waals surface area contributed by atoms with Crippen molar-refractivity contribution in [1.29, 1.82) is 0 Å². The molecule has 0 aliphatic carbocycles. The molecule has 0 aromatic heterocycles. The predicted molar refractivity (Wildman–Crippen MR) is 77.8 cm³/mol. The van der Waals surface area contributed by atoms with Gasteiger partial charge in [0.15, 0.2) is 0 Å². The topological polar surface area (TPSA) is 37.3 Å². The van der Waals surface area contributed by atoms with Crippen molar-refractivity contribution >= 4 is 5.97 Å². The van der Waals surface area contributed by atoms with Gasteiger partial charge in [0.2, 0.25) is 0 Å². The normalized spacial score (nSPS) is 13.0. The Morgan fingerprint density at radius 3 is 2.33 bits per heavy atom. The molecule has 18 heavy (non-hydrogen) atoms. The van der Waals surface area contributed by atoms with Crippen LogP contribution in [0, 0.1) is 5.92 Å². The quantitative estimate of drug-likeness (QED) is 0.384. The fraction of sp³-hybridized carbons (Fsp3) is 0.812. The standard InChI is InChI=1S/C16H30O2/c1-3-15(2)13-11-9-7-5-4-6-8-10-12-14-16(17)18/h8,10,15H,3-7,9,11-14H2,1-2H3,(H,17,18)/b10-8-. The fourth-order valence-electron chi connectivity index (χ4n) is 1.93. The Morgan fingerprint density at radius 2 is 1.67 bits per heavy atom. The molecule has 2 nitrogen and oxygen atoms in total. The largest absolute Gasteiger partial charge is 0.481 e. The Kier molecular flexibility index (Phi) is 12.1. The second-order valence-corrected chi connectivity index (χ2v) is 5.26. The molecule has 0 saturated carbocycles. The molecule has 0 aromatic carbocycles. The van der Waals surface area contributed by atoms with Gasteiger partial charge in [-0.15, -0.1) is 0 Å². The van der Waals surface area contributed by atoms with Crippen molar-refractivity contribution in [3.05, 3.63) is 12.2 Å². The highest BCUT2D eigenvalue weighted by Crippen LogP contribution is 2.14. The number of unbranched alkanes of at least 4 members (excludes halogenated alkanes) is 5. The number of allylic oxidation sites excluding steroid dienone is 2. The van der Waals surface area contributed by atoms with Gasteiger partial charge >= 0.3 is 5.97 Å². The third-order valence-corrected chi connectivity index (χ3v) is 3.46. The number of hydrogen-bond acceptors (Lipinski definition) is 1. The lowest BCUT2D eigenvalue weighted by Gasteiger charge is -2.07. The first-order chi connectivity index (χ1) is 8.66. The Morgan fingerprint density at radius 1 is 1.06 bits per heavy atom. The number of carbonyl (C=O) groups is 1. The van der Waals surface area contributed by atoms with Gasteiger partial charge in [-0.2, -0.15) is 0 Å². The molecule has 0 aliphatic heterocycles. The van der Waals surface area contributed by atoms with Crippen molar-refractivity contribution in [3.63, 3.8) is 0 Å². The summed E-state index contributed by atoms with van der Waals surface area (Å²) >= 11 is 0. The van der Waals surface area contributed by atoms with E-state index in [0.29, 0.717) is 6.42 Å². The summed E-state index contributed by atoms with van der Waals surface area (Å²) in [5.41, 5.74) is 0. The van der Waals surface area contributed by atoms with Gasteiger partial charge in [-0.05, 0) is 25.2 Å². The van der Waals surface area contributed by atoms with Crippen molar-refractivity contribution in [2.24, 2.45) is 5.92 Å². The van der Waals surface area contributed by atoms with Gasteiger partial charge < -0.3 is 5.11 Å². The van der Waals surface area contributed by atoms with Crippen LogP contribution >= 0.6 is 0 Å². The molecule has 0 aliphatic rings. The van der Waals surface area contributed by atoms with Gasteiger partial charge in [0.05, 0.1) is 0 Å². The highest BCUT2D eigenvalue weighted by molar-refractivity contribution is 5.66. The molecule has 0 amide bonds. The Balaban J connectivity index is 3.14. The van der Waals surface area contributed by atoms with Crippen LogP contribution in [0.3, 0.4) is 0 Å². The molecule has 1 unspecified atom stereocenters. The Bertz CT molecular complexity index is 221. The third-order valence-electron chi connectivity index (χ3n) is 3.46. The fourth-order valence-corrected chi connectivity index (χ4v) is 1.93. The van der Waals surface area contributed by atoms with E-state index in [2.05, 4.69) is 19.9 Å². The van der Waals surface area contributed by atoms with Crippen molar-refractivity contribution < 1.29 is 9.90 Å². The zero-order valence-corrected chi connectivity index (χ0v) is 12.2. The van der Waals surface area contributed by atoms with Crippen LogP contribution < -0.4 is 0 Å². The average Bonchev–Trinajstić information content (AvgIpc) is 2.35. The number of hydrogen-bond donors (Lipinski definition) is 1. The van der Waals surface area contributed by atoms with E-state index in [1.165, 1.54) is 44.9 Å². The second kappa shape index (κ2) is 12.7. The minimum absolute atomic E-state index is 0.256. The Hall–Kier alpha value is -0.790. The van der Waals surface area contributed by atoms with E-state index >= 15 is 0 Å². The number of carboxylic acid groups (broad SMARTS) is 1. The molecular weight excluding hydrogens is 224 g/mol. The molecular formula is C16H30O2. The summed E-state index contributed by atoms with van der Waals surface area (Å²) < 4.78 is 0. The van der Waals surface area contributed by atoms with Gasteiger partial charge in [0.1, 0.15) is 0 Å². The van der Waals surface area contributed by atoms with E-state index in [9.17, 15) is 4.79 Å². The van der Waals surface area contributed by atoms with Crippen molar-refractivity contribution in [1.82, 2.24) is 0 Å². The summed E-state index contributed by atoms with van der Waals surface area (Å²) in [5.74, 6) is 0.183. The average molecular weight is 254 g/mol. The minimum atomic E-state index is -0.707. The summed E-state index contributed by atoms with van der Waals surface area (Å²) in [6, 6.07) is 0.